The van der Waals surface area contributed by atoms with Gasteiger partial charge in [-0.2, -0.15) is 0 Å². The molecule has 2 unspecified atom stereocenters. The first-order valence-corrected chi connectivity index (χ1v) is 6.91. The van der Waals surface area contributed by atoms with E-state index in [0.717, 1.165) is 11.8 Å². The largest absolute Gasteiger partial charge is 0.0622 e. The maximum atomic E-state index is 3.48. The van der Waals surface area contributed by atoms with Gasteiger partial charge in [0.05, 0.1) is 0 Å². The van der Waals surface area contributed by atoms with Gasteiger partial charge >= 0.3 is 0 Å². The fourth-order valence-corrected chi connectivity index (χ4v) is 2.77. The highest BCUT2D eigenvalue weighted by molar-refractivity contribution is 9.10. The third-order valence-corrected chi connectivity index (χ3v) is 4.09. The molecule has 0 radical (unpaired) electrons. The van der Waals surface area contributed by atoms with Crippen LogP contribution in [0.5, 0.6) is 0 Å². The van der Waals surface area contributed by atoms with Gasteiger partial charge in [0.15, 0.2) is 0 Å². The maximum absolute atomic E-state index is 3.48. The molecule has 0 nitrogen and oxygen atoms in total. The smallest absolute Gasteiger partial charge is 0.0175 e. The Balaban J connectivity index is 1.65. The lowest BCUT2D eigenvalue weighted by Crippen LogP contribution is -1.89. The van der Waals surface area contributed by atoms with Crippen LogP contribution in [-0.2, 0) is 6.42 Å². The molecule has 2 aromatic rings. The Kier molecular flexibility index (Phi) is 3.02. The Hall–Kier alpha value is -1.08. The fourth-order valence-electron chi connectivity index (χ4n) is 2.51. The Morgan fingerprint density at radius 1 is 0.941 bits per heavy atom. The molecule has 2 aromatic carbocycles. The van der Waals surface area contributed by atoms with Crippen LogP contribution in [0.2, 0.25) is 0 Å². The van der Waals surface area contributed by atoms with Crippen LogP contribution >= 0.6 is 15.9 Å². The van der Waals surface area contributed by atoms with E-state index in [-0.39, 0.29) is 0 Å². The summed E-state index contributed by atoms with van der Waals surface area (Å²) >= 11 is 3.48. The first-order chi connectivity index (χ1) is 8.33. The summed E-state index contributed by atoms with van der Waals surface area (Å²) in [5.41, 5.74) is 2.96. The third-order valence-electron chi connectivity index (χ3n) is 3.56. The van der Waals surface area contributed by atoms with E-state index < -0.39 is 0 Å². The second-order valence-electron chi connectivity index (χ2n) is 4.84. The molecule has 1 aliphatic carbocycles. The van der Waals surface area contributed by atoms with Gasteiger partial charge in [-0.15, -0.1) is 0 Å². The Bertz CT molecular complexity index is 487. The first kappa shape index (κ1) is 11.0. The number of benzene rings is 2. The molecule has 0 heterocycles. The molecule has 0 bridgehead atoms. The van der Waals surface area contributed by atoms with Crippen LogP contribution in [0, 0.1) is 5.92 Å². The van der Waals surface area contributed by atoms with Crippen LogP contribution in [-0.4, -0.2) is 0 Å². The molecule has 0 spiro atoms. The molecule has 17 heavy (non-hydrogen) atoms. The molecule has 1 heteroatoms. The average molecular weight is 287 g/mol. The van der Waals surface area contributed by atoms with E-state index in [1.165, 1.54) is 28.4 Å². The predicted octanol–water partition coefficient (Wildman–Crippen LogP) is 4.80. The third kappa shape index (κ3) is 2.61. The van der Waals surface area contributed by atoms with Crippen molar-refractivity contribution in [3.63, 3.8) is 0 Å². The molecule has 0 amide bonds. The first-order valence-electron chi connectivity index (χ1n) is 6.12. The highest BCUT2D eigenvalue weighted by atomic mass is 79.9. The van der Waals surface area contributed by atoms with Crippen LogP contribution in [0.25, 0.3) is 0 Å². The van der Waals surface area contributed by atoms with Crippen molar-refractivity contribution < 1.29 is 0 Å². The molecule has 86 valence electrons. The van der Waals surface area contributed by atoms with E-state index in [4.69, 9.17) is 0 Å². The Labute approximate surface area is 111 Å². The van der Waals surface area contributed by atoms with Gasteiger partial charge in [0.25, 0.3) is 0 Å². The van der Waals surface area contributed by atoms with Gasteiger partial charge in [0, 0.05) is 4.47 Å². The van der Waals surface area contributed by atoms with Crippen molar-refractivity contribution in [1.29, 1.82) is 0 Å². The lowest BCUT2D eigenvalue weighted by Gasteiger charge is -2.01. The van der Waals surface area contributed by atoms with Crippen LogP contribution in [0.1, 0.15) is 23.5 Å². The SMILES string of the molecule is Brc1ccc(C2CC2Cc2ccccc2)cc1. The Morgan fingerprint density at radius 2 is 1.65 bits per heavy atom. The van der Waals surface area contributed by atoms with E-state index in [9.17, 15) is 0 Å². The molecule has 3 rings (SSSR count). The topological polar surface area (TPSA) is 0 Å². The van der Waals surface area contributed by atoms with Crippen molar-refractivity contribution in [3.8, 4) is 0 Å². The minimum absolute atomic E-state index is 0.781. The zero-order valence-electron chi connectivity index (χ0n) is 9.64. The van der Waals surface area contributed by atoms with Crippen molar-refractivity contribution >= 4 is 15.9 Å². The standard InChI is InChI=1S/C16H15Br/c17-15-8-6-13(7-9-15)16-11-14(16)10-12-4-2-1-3-5-12/h1-9,14,16H,10-11H2. The van der Waals surface area contributed by atoms with Crippen molar-refractivity contribution in [2.24, 2.45) is 5.92 Å². The zero-order valence-corrected chi connectivity index (χ0v) is 11.2. The Morgan fingerprint density at radius 3 is 2.35 bits per heavy atom. The lowest BCUT2D eigenvalue weighted by molar-refractivity contribution is 0.795. The minimum Gasteiger partial charge on any atom is -0.0622 e. The summed E-state index contributed by atoms with van der Waals surface area (Å²) in [7, 11) is 0. The molecule has 2 atom stereocenters. The summed E-state index contributed by atoms with van der Waals surface area (Å²) in [4.78, 5) is 0. The highest BCUT2D eigenvalue weighted by Crippen LogP contribution is 2.49. The molecular weight excluding hydrogens is 272 g/mol. The van der Waals surface area contributed by atoms with E-state index in [1.807, 2.05) is 0 Å². The average Bonchev–Trinajstić information content (AvgIpc) is 3.11. The van der Waals surface area contributed by atoms with Gasteiger partial charge in [0.2, 0.25) is 0 Å². The van der Waals surface area contributed by atoms with Gasteiger partial charge in [-0.05, 0) is 47.9 Å². The second kappa shape index (κ2) is 4.66. The molecule has 0 saturated heterocycles. The van der Waals surface area contributed by atoms with E-state index in [1.54, 1.807) is 0 Å². The van der Waals surface area contributed by atoms with Crippen LogP contribution in [0.3, 0.4) is 0 Å². The van der Waals surface area contributed by atoms with Gasteiger partial charge in [-0.25, -0.2) is 0 Å². The van der Waals surface area contributed by atoms with Crippen molar-refractivity contribution in [1.82, 2.24) is 0 Å². The summed E-state index contributed by atoms with van der Waals surface area (Å²) in [5, 5.41) is 0. The summed E-state index contributed by atoms with van der Waals surface area (Å²) < 4.78 is 1.17. The van der Waals surface area contributed by atoms with E-state index in [0.29, 0.717) is 0 Å². The van der Waals surface area contributed by atoms with Crippen LogP contribution in [0.4, 0.5) is 0 Å². The summed E-state index contributed by atoms with van der Waals surface area (Å²) in [6, 6.07) is 19.6. The van der Waals surface area contributed by atoms with Crippen LogP contribution in [0.15, 0.2) is 59.1 Å². The number of halogens is 1. The van der Waals surface area contributed by atoms with Crippen molar-refractivity contribution in [2.45, 2.75) is 18.8 Å². The molecule has 0 N–H and O–H groups in total. The van der Waals surface area contributed by atoms with Gasteiger partial charge in [0.1, 0.15) is 0 Å². The number of hydrogen-bond acceptors (Lipinski definition) is 0. The quantitative estimate of drug-likeness (QED) is 0.761. The van der Waals surface area contributed by atoms with Gasteiger partial charge < -0.3 is 0 Å². The number of hydrogen-bond donors (Lipinski definition) is 0. The maximum Gasteiger partial charge on any atom is 0.0175 e. The predicted molar refractivity (Wildman–Crippen MR) is 75.1 cm³/mol. The second-order valence-corrected chi connectivity index (χ2v) is 5.76. The van der Waals surface area contributed by atoms with Crippen molar-refractivity contribution in [2.75, 3.05) is 0 Å². The minimum atomic E-state index is 0.781. The lowest BCUT2D eigenvalue weighted by atomic mass is 10.0. The molecule has 1 saturated carbocycles. The molecule has 0 aromatic heterocycles. The van der Waals surface area contributed by atoms with Crippen molar-refractivity contribution in [3.05, 3.63) is 70.2 Å². The zero-order chi connectivity index (χ0) is 11.7. The van der Waals surface area contributed by atoms with Gasteiger partial charge in [-0.1, -0.05) is 58.4 Å². The molecule has 1 fully saturated rings. The summed E-state index contributed by atoms with van der Waals surface area (Å²) in [6.07, 6.45) is 2.57. The van der Waals surface area contributed by atoms with E-state index in [2.05, 4.69) is 70.5 Å². The monoisotopic (exact) mass is 286 g/mol. The van der Waals surface area contributed by atoms with E-state index >= 15 is 0 Å². The summed E-state index contributed by atoms with van der Waals surface area (Å²) in [6.45, 7) is 0. The normalized spacial score (nSPS) is 22.4. The number of rotatable bonds is 3. The molecular formula is C16H15Br. The van der Waals surface area contributed by atoms with Crippen LogP contribution < -0.4 is 0 Å². The molecule has 1 aliphatic rings. The molecule has 0 aliphatic heterocycles. The fraction of sp³-hybridized carbons (Fsp3) is 0.250. The summed E-state index contributed by atoms with van der Waals surface area (Å²) in [5.74, 6) is 1.63. The van der Waals surface area contributed by atoms with Gasteiger partial charge in [-0.3, -0.25) is 0 Å². The highest BCUT2D eigenvalue weighted by Gasteiger charge is 2.37.